The normalized spacial score (nSPS) is 14.1. The van der Waals surface area contributed by atoms with Gasteiger partial charge in [-0.15, -0.1) is 0 Å². The number of amides is 3. The van der Waals surface area contributed by atoms with Crippen molar-refractivity contribution in [3.63, 3.8) is 0 Å². The maximum atomic E-state index is 12.5. The number of rotatable bonds is 7. The van der Waals surface area contributed by atoms with E-state index in [9.17, 15) is 9.59 Å². The Morgan fingerprint density at radius 1 is 1.11 bits per heavy atom. The number of nitrogens with zero attached hydrogens (tertiary/aromatic N) is 1. The third kappa shape index (κ3) is 5.48. The van der Waals surface area contributed by atoms with Crippen LogP contribution in [-0.2, 0) is 0 Å². The molecular formula is C21H26N4O2. The van der Waals surface area contributed by atoms with Gasteiger partial charge in [-0.05, 0) is 50.1 Å². The van der Waals surface area contributed by atoms with Crippen molar-refractivity contribution in [2.45, 2.75) is 31.8 Å². The molecule has 0 aromatic heterocycles. The van der Waals surface area contributed by atoms with Gasteiger partial charge in [0.2, 0.25) is 0 Å². The van der Waals surface area contributed by atoms with Crippen LogP contribution in [0.5, 0.6) is 0 Å². The molecule has 142 valence electrons. The third-order valence-corrected chi connectivity index (χ3v) is 4.68. The number of urea groups is 1. The number of hydrogen-bond acceptors (Lipinski definition) is 3. The molecule has 0 heterocycles. The molecule has 2 aromatic rings. The predicted octanol–water partition coefficient (Wildman–Crippen LogP) is 3.23. The average molecular weight is 366 g/mol. The van der Waals surface area contributed by atoms with E-state index in [2.05, 4.69) is 27.8 Å². The van der Waals surface area contributed by atoms with Gasteiger partial charge in [0.1, 0.15) is 0 Å². The zero-order chi connectivity index (χ0) is 19.2. The van der Waals surface area contributed by atoms with Crippen molar-refractivity contribution in [3.8, 4) is 0 Å². The minimum absolute atomic E-state index is 0.141. The quantitative estimate of drug-likeness (QED) is 0.704. The Labute approximate surface area is 159 Å². The summed E-state index contributed by atoms with van der Waals surface area (Å²) in [6.45, 7) is 2.58. The lowest BCUT2D eigenvalue weighted by Crippen LogP contribution is -2.40. The van der Waals surface area contributed by atoms with E-state index in [1.54, 1.807) is 24.3 Å². The molecule has 1 saturated carbocycles. The molecule has 0 aliphatic heterocycles. The SMILES string of the molecule is CC(CNC(=O)c1cccc(NC(=O)NC2CC2)c1)N(C)c1ccccc1. The summed E-state index contributed by atoms with van der Waals surface area (Å²) in [5, 5.41) is 8.60. The third-order valence-electron chi connectivity index (χ3n) is 4.68. The van der Waals surface area contributed by atoms with Gasteiger partial charge in [0, 0.05) is 42.6 Å². The van der Waals surface area contributed by atoms with Crippen LogP contribution in [0.4, 0.5) is 16.2 Å². The summed E-state index contributed by atoms with van der Waals surface area (Å²) in [6.07, 6.45) is 2.07. The van der Waals surface area contributed by atoms with E-state index >= 15 is 0 Å². The first-order valence-electron chi connectivity index (χ1n) is 9.26. The Kier molecular flexibility index (Phi) is 5.96. The standard InChI is InChI=1S/C21H26N4O2/c1-15(25(2)19-9-4-3-5-10-19)14-22-20(26)16-7-6-8-18(13-16)24-21(27)23-17-11-12-17/h3-10,13,15,17H,11-12,14H2,1-2H3,(H,22,26)(H2,23,24,27). The van der Waals surface area contributed by atoms with Crippen molar-refractivity contribution in [2.24, 2.45) is 0 Å². The van der Waals surface area contributed by atoms with E-state index in [1.807, 2.05) is 37.4 Å². The molecule has 0 spiro atoms. The lowest BCUT2D eigenvalue weighted by Gasteiger charge is -2.27. The van der Waals surface area contributed by atoms with Crippen molar-refractivity contribution < 1.29 is 9.59 Å². The van der Waals surface area contributed by atoms with Gasteiger partial charge in [0.15, 0.2) is 0 Å². The van der Waals surface area contributed by atoms with Crippen LogP contribution in [0.15, 0.2) is 54.6 Å². The monoisotopic (exact) mass is 366 g/mol. The van der Waals surface area contributed by atoms with Crippen molar-refractivity contribution in [3.05, 3.63) is 60.2 Å². The van der Waals surface area contributed by atoms with Crippen molar-refractivity contribution in [1.29, 1.82) is 0 Å². The smallest absolute Gasteiger partial charge is 0.319 e. The lowest BCUT2D eigenvalue weighted by molar-refractivity contribution is 0.0951. The molecule has 3 N–H and O–H groups in total. The number of likely N-dealkylation sites (N-methyl/N-ethyl adjacent to an activating group) is 1. The summed E-state index contributed by atoms with van der Waals surface area (Å²) in [4.78, 5) is 26.4. The highest BCUT2D eigenvalue weighted by molar-refractivity contribution is 5.97. The highest BCUT2D eigenvalue weighted by Gasteiger charge is 2.23. The topological polar surface area (TPSA) is 73.5 Å². The fraction of sp³-hybridized carbons (Fsp3) is 0.333. The van der Waals surface area contributed by atoms with Crippen molar-refractivity contribution >= 4 is 23.3 Å². The predicted molar refractivity (Wildman–Crippen MR) is 108 cm³/mol. The molecule has 1 atom stereocenters. The fourth-order valence-corrected chi connectivity index (χ4v) is 2.72. The summed E-state index contributed by atoms with van der Waals surface area (Å²) in [7, 11) is 2.01. The number of nitrogens with one attached hydrogen (secondary N) is 3. The number of carbonyl (C=O) groups excluding carboxylic acids is 2. The van der Waals surface area contributed by atoms with E-state index in [-0.39, 0.29) is 18.0 Å². The number of hydrogen-bond donors (Lipinski definition) is 3. The van der Waals surface area contributed by atoms with E-state index in [4.69, 9.17) is 0 Å². The van der Waals surface area contributed by atoms with Crippen LogP contribution in [0.2, 0.25) is 0 Å². The Hall–Kier alpha value is -3.02. The Balaban J connectivity index is 1.52. The van der Waals surface area contributed by atoms with Crippen molar-refractivity contribution in [1.82, 2.24) is 10.6 Å². The lowest BCUT2D eigenvalue weighted by atomic mass is 10.1. The summed E-state index contributed by atoms with van der Waals surface area (Å²) >= 11 is 0. The van der Waals surface area contributed by atoms with Crippen LogP contribution >= 0.6 is 0 Å². The van der Waals surface area contributed by atoms with Gasteiger partial charge in [-0.3, -0.25) is 4.79 Å². The van der Waals surface area contributed by atoms with Crippen molar-refractivity contribution in [2.75, 3.05) is 23.8 Å². The molecule has 6 heteroatoms. The zero-order valence-electron chi connectivity index (χ0n) is 15.7. The first-order valence-corrected chi connectivity index (χ1v) is 9.26. The molecule has 1 unspecified atom stereocenters. The van der Waals surface area contributed by atoms with Crippen LogP contribution in [0.1, 0.15) is 30.1 Å². The summed E-state index contributed by atoms with van der Waals surface area (Å²) in [6, 6.07) is 17.2. The fourth-order valence-electron chi connectivity index (χ4n) is 2.72. The van der Waals surface area contributed by atoms with Gasteiger partial charge in [0.25, 0.3) is 5.91 Å². The minimum atomic E-state index is -0.229. The number of para-hydroxylation sites is 1. The maximum Gasteiger partial charge on any atom is 0.319 e. The first-order chi connectivity index (χ1) is 13.0. The van der Waals surface area contributed by atoms with Crippen LogP contribution < -0.4 is 20.9 Å². The van der Waals surface area contributed by atoms with Gasteiger partial charge in [-0.25, -0.2) is 4.79 Å². The highest BCUT2D eigenvalue weighted by atomic mass is 16.2. The van der Waals surface area contributed by atoms with E-state index in [1.165, 1.54) is 0 Å². The van der Waals surface area contributed by atoms with Gasteiger partial charge in [0.05, 0.1) is 0 Å². The molecule has 0 saturated heterocycles. The molecule has 2 aromatic carbocycles. The Bertz CT molecular complexity index is 790. The molecule has 3 amide bonds. The number of benzene rings is 2. The molecule has 3 rings (SSSR count). The highest BCUT2D eigenvalue weighted by Crippen LogP contribution is 2.19. The Morgan fingerprint density at radius 3 is 2.56 bits per heavy atom. The zero-order valence-corrected chi connectivity index (χ0v) is 15.7. The summed E-state index contributed by atoms with van der Waals surface area (Å²) in [5.74, 6) is -0.158. The summed E-state index contributed by atoms with van der Waals surface area (Å²) in [5.41, 5.74) is 2.23. The Morgan fingerprint density at radius 2 is 1.85 bits per heavy atom. The summed E-state index contributed by atoms with van der Waals surface area (Å²) < 4.78 is 0. The molecule has 6 nitrogen and oxygen atoms in total. The molecule has 1 aliphatic carbocycles. The van der Waals surface area contributed by atoms with Crippen LogP contribution in [-0.4, -0.2) is 37.6 Å². The van der Waals surface area contributed by atoms with Gasteiger partial charge < -0.3 is 20.9 Å². The second kappa shape index (κ2) is 8.58. The maximum absolute atomic E-state index is 12.5. The van der Waals surface area contributed by atoms with E-state index in [0.29, 0.717) is 23.8 Å². The van der Waals surface area contributed by atoms with Crippen LogP contribution in [0, 0.1) is 0 Å². The second-order valence-electron chi connectivity index (χ2n) is 6.96. The largest absolute Gasteiger partial charge is 0.370 e. The number of carbonyl (C=O) groups is 2. The van der Waals surface area contributed by atoms with Crippen LogP contribution in [0.25, 0.3) is 0 Å². The molecule has 1 aliphatic rings. The average Bonchev–Trinajstić information content (AvgIpc) is 3.49. The first kappa shape index (κ1) is 18.8. The molecule has 0 bridgehead atoms. The van der Waals surface area contributed by atoms with E-state index in [0.717, 1.165) is 18.5 Å². The molecule has 27 heavy (non-hydrogen) atoms. The number of anilines is 2. The molecular weight excluding hydrogens is 340 g/mol. The van der Waals surface area contributed by atoms with Gasteiger partial charge in [-0.2, -0.15) is 0 Å². The van der Waals surface area contributed by atoms with E-state index < -0.39 is 0 Å². The minimum Gasteiger partial charge on any atom is -0.370 e. The second-order valence-corrected chi connectivity index (χ2v) is 6.96. The molecule has 1 fully saturated rings. The van der Waals surface area contributed by atoms with Gasteiger partial charge in [-0.1, -0.05) is 24.3 Å². The molecule has 0 radical (unpaired) electrons. The van der Waals surface area contributed by atoms with Gasteiger partial charge >= 0.3 is 6.03 Å². The van der Waals surface area contributed by atoms with Crippen LogP contribution in [0.3, 0.4) is 0 Å².